The lowest BCUT2D eigenvalue weighted by molar-refractivity contribution is -0.116. The minimum absolute atomic E-state index is 0. The normalized spacial score (nSPS) is 12.9. The Kier molecular flexibility index (Phi) is 8.59. The molecule has 1 aliphatic rings. The number of nitrogens with zero attached hydrogens (tertiary/aromatic N) is 1. The highest BCUT2D eigenvalue weighted by Crippen LogP contribution is 2.23. The summed E-state index contributed by atoms with van der Waals surface area (Å²) in [5.41, 5.74) is 9.73. The molecule has 0 spiro atoms. The largest absolute Gasteiger partial charge is 0.399 e. The molecule has 4 nitrogen and oxygen atoms in total. The molecule has 1 fully saturated rings. The molecule has 0 radical (unpaired) electrons. The summed E-state index contributed by atoms with van der Waals surface area (Å²) >= 11 is 0. The van der Waals surface area contributed by atoms with Gasteiger partial charge in [0.15, 0.2) is 0 Å². The number of para-hydroxylation sites is 1. The molecule has 0 atom stereocenters. The number of amides is 1. The van der Waals surface area contributed by atoms with Crippen molar-refractivity contribution < 1.29 is 4.79 Å². The van der Waals surface area contributed by atoms with Gasteiger partial charge in [-0.15, -0.1) is 24.8 Å². The molecule has 136 valence electrons. The molecule has 2 aromatic rings. The van der Waals surface area contributed by atoms with Crippen molar-refractivity contribution in [2.24, 2.45) is 0 Å². The first kappa shape index (κ1) is 21.1. The number of nitrogen functional groups attached to an aromatic ring is 1. The van der Waals surface area contributed by atoms with E-state index in [1.165, 1.54) is 18.5 Å². The van der Waals surface area contributed by atoms with Crippen LogP contribution in [0.5, 0.6) is 0 Å². The number of carbonyl (C=O) groups is 1. The fourth-order valence-electron chi connectivity index (χ4n) is 2.99. The van der Waals surface area contributed by atoms with E-state index in [9.17, 15) is 4.79 Å². The molecular weight excluding hydrogens is 357 g/mol. The third-order valence-electron chi connectivity index (χ3n) is 4.28. The van der Waals surface area contributed by atoms with Crippen LogP contribution in [0.15, 0.2) is 48.5 Å². The standard InChI is InChI=1S/C19H23N3O.2ClH/c20-18-9-2-1-6-15(18)10-11-19(23)21-16-7-5-8-17(14-16)22-12-3-4-13-22;;/h1-2,5-9,14H,3-4,10-13,20H2,(H,21,23);2*1H. The van der Waals surface area contributed by atoms with Crippen LogP contribution < -0.4 is 16.0 Å². The molecule has 25 heavy (non-hydrogen) atoms. The summed E-state index contributed by atoms with van der Waals surface area (Å²) in [5.74, 6) is 0.0202. The van der Waals surface area contributed by atoms with Gasteiger partial charge in [-0.1, -0.05) is 24.3 Å². The SMILES string of the molecule is Cl.Cl.Nc1ccccc1CCC(=O)Nc1cccc(N2CCCC2)c1. The fourth-order valence-corrected chi connectivity index (χ4v) is 2.99. The summed E-state index contributed by atoms with van der Waals surface area (Å²) in [7, 11) is 0. The van der Waals surface area contributed by atoms with Crippen LogP contribution in [0.2, 0.25) is 0 Å². The number of hydrogen-bond acceptors (Lipinski definition) is 3. The quantitative estimate of drug-likeness (QED) is 0.759. The van der Waals surface area contributed by atoms with Gasteiger partial charge in [0.2, 0.25) is 5.91 Å². The molecule has 0 unspecified atom stereocenters. The van der Waals surface area contributed by atoms with Gasteiger partial charge in [-0.2, -0.15) is 0 Å². The molecule has 3 N–H and O–H groups in total. The zero-order valence-electron chi connectivity index (χ0n) is 14.1. The van der Waals surface area contributed by atoms with Crippen molar-refractivity contribution in [3.05, 3.63) is 54.1 Å². The lowest BCUT2D eigenvalue weighted by Gasteiger charge is -2.18. The van der Waals surface area contributed by atoms with Crippen molar-refractivity contribution in [2.75, 3.05) is 29.0 Å². The van der Waals surface area contributed by atoms with Crippen molar-refractivity contribution in [1.82, 2.24) is 0 Å². The number of nitrogens with two attached hydrogens (primary N) is 1. The second-order valence-electron chi connectivity index (χ2n) is 5.99. The summed E-state index contributed by atoms with van der Waals surface area (Å²) < 4.78 is 0. The number of nitrogens with one attached hydrogen (secondary N) is 1. The van der Waals surface area contributed by atoms with Crippen LogP contribution in [0.1, 0.15) is 24.8 Å². The molecule has 1 saturated heterocycles. The minimum atomic E-state index is 0. The van der Waals surface area contributed by atoms with Crippen LogP contribution in [-0.4, -0.2) is 19.0 Å². The zero-order valence-corrected chi connectivity index (χ0v) is 15.7. The number of halogens is 2. The maximum atomic E-state index is 12.2. The van der Waals surface area contributed by atoms with E-state index in [0.29, 0.717) is 12.8 Å². The Bertz CT molecular complexity index is 688. The third-order valence-corrected chi connectivity index (χ3v) is 4.28. The minimum Gasteiger partial charge on any atom is -0.399 e. The Morgan fingerprint density at radius 2 is 1.76 bits per heavy atom. The Morgan fingerprint density at radius 3 is 2.48 bits per heavy atom. The van der Waals surface area contributed by atoms with Gasteiger partial charge in [0.1, 0.15) is 0 Å². The second-order valence-corrected chi connectivity index (χ2v) is 5.99. The van der Waals surface area contributed by atoms with E-state index in [1.807, 2.05) is 36.4 Å². The Labute approximate surface area is 161 Å². The molecule has 0 bridgehead atoms. The van der Waals surface area contributed by atoms with Gasteiger partial charge in [0.05, 0.1) is 0 Å². The van der Waals surface area contributed by atoms with Gasteiger partial charge in [-0.3, -0.25) is 4.79 Å². The zero-order chi connectivity index (χ0) is 16.1. The first-order valence-electron chi connectivity index (χ1n) is 8.20. The molecule has 3 rings (SSSR count). The summed E-state index contributed by atoms with van der Waals surface area (Å²) in [6.45, 7) is 2.20. The maximum absolute atomic E-state index is 12.2. The topological polar surface area (TPSA) is 58.4 Å². The third kappa shape index (κ3) is 5.83. The number of hydrogen-bond donors (Lipinski definition) is 2. The van der Waals surface area contributed by atoms with E-state index in [1.54, 1.807) is 0 Å². The van der Waals surface area contributed by atoms with Crippen molar-refractivity contribution in [1.29, 1.82) is 0 Å². The number of benzene rings is 2. The number of rotatable bonds is 5. The average Bonchev–Trinajstić information content (AvgIpc) is 3.09. The van der Waals surface area contributed by atoms with Crippen LogP contribution >= 0.6 is 24.8 Å². The van der Waals surface area contributed by atoms with Gasteiger partial charge in [-0.05, 0) is 49.1 Å². The van der Waals surface area contributed by atoms with Crippen molar-refractivity contribution in [3.8, 4) is 0 Å². The fraction of sp³-hybridized carbons (Fsp3) is 0.316. The average molecular weight is 382 g/mol. The second kappa shape index (κ2) is 10.2. The summed E-state index contributed by atoms with van der Waals surface area (Å²) in [6.07, 6.45) is 3.58. The van der Waals surface area contributed by atoms with Gasteiger partial charge >= 0.3 is 0 Å². The highest BCUT2D eigenvalue weighted by atomic mass is 35.5. The van der Waals surface area contributed by atoms with E-state index in [2.05, 4.69) is 22.3 Å². The molecule has 6 heteroatoms. The molecule has 1 amide bonds. The smallest absolute Gasteiger partial charge is 0.224 e. The molecule has 0 aliphatic carbocycles. The Morgan fingerprint density at radius 1 is 1.04 bits per heavy atom. The van der Waals surface area contributed by atoms with Crippen LogP contribution in [0.25, 0.3) is 0 Å². The van der Waals surface area contributed by atoms with E-state index >= 15 is 0 Å². The first-order chi connectivity index (χ1) is 11.2. The molecule has 0 aromatic heterocycles. The number of aryl methyl sites for hydroxylation is 1. The highest BCUT2D eigenvalue weighted by molar-refractivity contribution is 5.91. The molecular formula is C19H25Cl2N3O. The number of anilines is 3. The summed E-state index contributed by atoms with van der Waals surface area (Å²) in [5, 5.41) is 2.99. The van der Waals surface area contributed by atoms with Crippen LogP contribution in [-0.2, 0) is 11.2 Å². The lowest BCUT2D eigenvalue weighted by atomic mass is 10.1. The van der Waals surface area contributed by atoms with E-state index in [-0.39, 0.29) is 30.7 Å². The van der Waals surface area contributed by atoms with Crippen LogP contribution in [0, 0.1) is 0 Å². The molecule has 0 saturated carbocycles. The highest BCUT2D eigenvalue weighted by Gasteiger charge is 2.13. The molecule has 1 aliphatic heterocycles. The first-order valence-corrected chi connectivity index (χ1v) is 8.20. The van der Waals surface area contributed by atoms with Gasteiger partial charge < -0.3 is 16.0 Å². The van der Waals surface area contributed by atoms with Gasteiger partial charge in [-0.25, -0.2) is 0 Å². The maximum Gasteiger partial charge on any atom is 0.224 e. The van der Waals surface area contributed by atoms with E-state index in [0.717, 1.165) is 30.0 Å². The summed E-state index contributed by atoms with van der Waals surface area (Å²) in [6, 6.07) is 15.8. The molecule has 1 heterocycles. The predicted octanol–water partition coefficient (Wildman–Crippen LogP) is 4.28. The lowest BCUT2D eigenvalue weighted by Crippen LogP contribution is -2.18. The van der Waals surface area contributed by atoms with Crippen LogP contribution in [0.3, 0.4) is 0 Å². The predicted molar refractivity (Wildman–Crippen MR) is 110 cm³/mol. The number of carbonyl (C=O) groups excluding carboxylic acids is 1. The van der Waals surface area contributed by atoms with Gasteiger partial charge in [0, 0.05) is 36.6 Å². The van der Waals surface area contributed by atoms with Crippen LogP contribution in [0.4, 0.5) is 17.1 Å². The van der Waals surface area contributed by atoms with Crippen molar-refractivity contribution in [3.63, 3.8) is 0 Å². The summed E-state index contributed by atoms with van der Waals surface area (Å²) in [4.78, 5) is 14.5. The van der Waals surface area contributed by atoms with E-state index < -0.39 is 0 Å². The van der Waals surface area contributed by atoms with Gasteiger partial charge in [0.25, 0.3) is 0 Å². The molecule has 2 aromatic carbocycles. The van der Waals surface area contributed by atoms with Crippen molar-refractivity contribution in [2.45, 2.75) is 25.7 Å². The Hall–Kier alpha value is -1.91. The Balaban J connectivity index is 0.00000156. The van der Waals surface area contributed by atoms with E-state index in [4.69, 9.17) is 5.73 Å². The van der Waals surface area contributed by atoms with Crippen molar-refractivity contribution >= 4 is 47.8 Å². The monoisotopic (exact) mass is 381 g/mol.